The number of hydrogen-bond acceptors (Lipinski definition) is 3. The second-order valence-corrected chi connectivity index (χ2v) is 3.20. The monoisotopic (exact) mass is 224 g/mol. The van der Waals surface area contributed by atoms with E-state index in [9.17, 15) is 0 Å². The normalized spacial score (nSPS) is 10.1. The van der Waals surface area contributed by atoms with Crippen LogP contribution >= 0.6 is 15.9 Å². The molecule has 60 valence electrons. The molecule has 0 saturated heterocycles. The second-order valence-electron chi connectivity index (χ2n) is 2.29. The minimum atomic E-state index is 0.683. The van der Waals surface area contributed by atoms with Gasteiger partial charge < -0.3 is 4.52 Å². The summed E-state index contributed by atoms with van der Waals surface area (Å²) in [5.74, 6) is 0.683. The van der Waals surface area contributed by atoms with E-state index in [0.29, 0.717) is 5.76 Å². The molecule has 0 atom stereocenters. The molecule has 0 fully saturated rings. The summed E-state index contributed by atoms with van der Waals surface area (Å²) in [5.41, 5.74) is 0.975. The minimum absolute atomic E-state index is 0.683. The molecule has 1 aromatic carbocycles. The standard InChI is InChI=1S/C8H5BrN2O/c9-7-3-1-6(2-4-7)8-5-10-11-12-8/h1-5H. The van der Waals surface area contributed by atoms with Crippen molar-refractivity contribution in [2.75, 3.05) is 0 Å². The minimum Gasteiger partial charge on any atom is -0.337 e. The topological polar surface area (TPSA) is 38.9 Å². The van der Waals surface area contributed by atoms with Crippen molar-refractivity contribution < 1.29 is 4.52 Å². The van der Waals surface area contributed by atoms with Gasteiger partial charge in [-0.25, -0.2) is 0 Å². The molecule has 0 spiro atoms. The smallest absolute Gasteiger partial charge is 0.187 e. The quantitative estimate of drug-likeness (QED) is 0.748. The van der Waals surface area contributed by atoms with E-state index in [1.165, 1.54) is 0 Å². The van der Waals surface area contributed by atoms with Crippen LogP contribution in [0.4, 0.5) is 0 Å². The molecule has 0 N–H and O–H groups in total. The third kappa shape index (κ3) is 1.38. The molecule has 12 heavy (non-hydrogen) atoms. The summed E-state index contributed by atoms with van der Waals surface area (Å²) in [5, 5.41) is 6.98. The maximum absolute atomic E-state index is 4.88. The highest BCUT2D eigenvalue weighted by Gasteiger charge is 2.00. The van der Waals surface area contributed by atoms with Gasteiger partial charge >= 0.3 is 0 Å². The fourth-order valence-corrected chi connectivity index (χ4v) is 1.17. The predicted octanol–water partition coefficient (Wildman–Crippen LogP) is 2.50. The first-order chi connectivity index (χ1) is 5.86. The Bertz CT molecular complexity index is 355. The lowest BCUT2D eigenvalue weighted by molar-refractivity contribution is 0.403. The number of halogens is 1. The molecular weight excluding hydrogens is 220 g/mol. The lowest BCUT2D eigenvalue weighted by Crippen LogP contribution is -1.71. The molecule has 0 aliphatic carbocycles. The lowest BCUT2D eigenvalue weighted by Gasteiger charge is -1.93. The van der Waals surface area contributed by atoms with E-state index in [4.69, 9.17) is 4.52 Å². The van der Waals surface area contributed by atoms with Crippen molar-refractivity contribution in [3.63, 3.8) is 0 Å². The summed E-state index contributed by atoms with van der Waals surface area (Å²) < 4.78 is 5.92. The Balaban J connectivity index is 2.43. The molecule has 0 radical (unpaired) electrons. The van der Waals surface area contributed by atoms with Gasteiger partial charge in [-0.3, -0.25) is 0 Å². The van der Waals surface area contributed by atoms with Crippen molar-refractivity contribution in [1.29, 1.82) is 0 Å². The maximum Gasteiger partial charge on any atom is 0.187 e. The van der Waals surface area contributed by atoms with Crippen molar-refractivity contribution >= 4 is 15.9 Å². The van der Waals surface area contributed by atoms with E-state index in [1.54, 1.807) is 6.20 Å². The van der Waals surface area contributed by atoms with Crippen molar-refractivity contribution in [3.8, 4) is 11.3 Å². The molecule has 1 heterocycles. The van der Waals surface area contributed by atoms with Crippen LogP contribution < -0.4 is 0 Å². The van der Waals surface area contributed by atoms with Crippen molar-refractivity contribution in [1.82, 2.24) is 10.4 Å². The number of benzene rings is 1. The van der Waals surface area contributed by atoms with Crippen molar-refractivity contribution in [2.45, 2.75) is 0 Å². The van der Waals surface area contributed by atoms with Crippen LogP contribution in [0.15, 0.2) is 39.5 Å². The van der Waals surface area contributed by atoms with Crippen LogP contribution in [0, 0.1) is 0 Å². The summed E-state index contributed by atoms with van der Waals surface area (Å²) in [6, 6.07) is 7.76. The Kier molecular flexibility index (Phi) is 1.91. The third-order valence-corrected chi connectivity index (χ3v) is 2.02. The zero-order valence-corrected chi connectivity index (χ0v) is 7.65. The van der Waals surface area contributed by atoms with Gasteiger partial charge in [-0.1, -0.05) is 15.9 Å². The molecule has 0 amide bonds. The number of aromatic nitrogens is 2. The van der Waals surface area contributed by atoms with Crippen LogP contribution in [-0.4, -0.2) is 10.4 Å². The highest BCUT2D eigenvalue weighted by Crippen LogP contribution is 2.19. The Labute approximate surface area is 77.5 Å². The van der Waals surface area contributed by atoms with Gasteiger partial charge in [0.15, 0.2) is 5.76 Å². The molecule has 3 nitrogen and oxygen atoms in total. The van der Waals surface area contributed by atoms with Gasteiger partial charge in [0.25, 0.3) is 0 Å². The number of nitrogens with zero attached hydrogens (tertiary/aromatic N) is 2. The van der Waals surface area contributed by atoms with Gasteiger partial charge in [0.1, 0.15) is 0 Å². The van der Waals surface area contributed by atoms with Crippen LogP contribution in [0.1, 0.15) is 0 Å². The second kappa shape index (κ2) is 3.06. The van der Waals surface area contributed by atoms with Gasteiger partial charge in [0.2, 0.25) is 0 Å². The van der Waals surface area contributed by atoms with Crippen LogP contribution in [0.3, 0.4) is 0 Å². The first kappa shape index (κ1) is 7.49. The zero-order valence-electron chi connectivity index (χ0n) is 6.07. The van der Waals surface area contributed by atoms with Gasteiger partial charge in [-0.2, -0.15) is 0 Å². The van der Waals surface area contributed by atoms with Gasteiger partial charge in [0.05, 0.1) is 6.20 Å². The fraction of sp³-hybridized carbons (Fsp3) is 0. The van der Waals surface area contributed by atoms with E-state index in [0.717, 1.165) is 10.0 Å². The molecule has 2 rings (SSSR count). The van der Waals surface area contributed by atoms with Crippen LogP contribution in [0.5, 0.6) is 0 Å². The molecular formula is C8H5BrN2O. The van der Waals surface area contributed by atoms with E-state index in [2.05, 4.69) is 26.3 Å². The van der Waals surface area contributed by atoms with Crippen molar-refractivity contribution in [2.24, 2.45) is 0 Å². The Morgan fingerprint density at radius 1 is 1.17 bits per heavy atom. The van der Waals surface area contributed by atoms with E-state index in [-0.39, 0.29) is 0 Å². The zero-order chi connectivity index (χ0) is 8.39. The van der Waals surface area contributed by atoms with E-state index in [1.807, 2.05) is 24.3 Å². The molecule has 0 bridgehead atoms. The molecule has 1 aromatic heterocycles. The van der Waals surface area contributed by atoms with E-state index < -0.39 is 0 Å². The lowest BCUT2D eigenvalue weighted by atomic mass is 10.2. The van der Waals surface area contributed by atoms with Crippen LogP contribution in [0.25, 0.3) is 11.3 Å². The highest BCUT2D eigenvalue weighted by molar-refractivity contribution is 9.10. The first-order valence-corrected chi connectivity index (χ1v) is 4.19. The third-order valence-electron chi connectivity index (χ3n) is 1.49. The predicted molar refractivity (Wildman–Crippen MR) is 47.4 cm³/mol. The van der Waals surface area contributed by atoms with Gasteiger partial charge in [0, 0.05) is 15.3 Å². The van der Waals surface area contributed by atoms with Gasteiger partial charge in [-0.15, -0.1) is 5.10 Å². The molecule has 4 heteroatoms. The Hall–Kier alpha value is -1.16. The molecule has 0 aliphatic rings. The maximum atomic E-state index is 4.88. The SMILES string of the molecule is Brc1ccc(-c2cnno2)cc1. The average Bonchev–Trinajstić information content (AvgIpc) is 2.58. The molecule has 0 saturated carbocycles. The highest BCUT2D eigenvalue weighted by atomic mass is 79.9. The van der Waals surface area contributed by atoms with Gasteiger partial charge in [-0.05, 0) is 24.3 Å². The largest absolute Gasteiger partial charge is 0.337 e. The summed E-state index contributed by atoms with van der Waals surface area (Å²) in [7, 11) is 0. The van der Waals surface area contributed by atoms with E-state index >= 15 is 0 Å². The Morgan fingerprint density at radius 3 is 2.50 bits per heavy atom. The average molecular weight is 225 g/mol. The van der Waals surface area contributed by atoms with Crippen LogP contribution in [0.2, 0.25) is 0 Å². The summed E-state index contributed by atoms with van der Waals surface area (Å²) in [6.45, 7) is 0. The molecule has 0 aliphatic heterocycles. The molecule has 0 unspecified atom stereocenters. The summed E-state index contributed by atoms with van der Waals surface area (Å²) >= 11 is 3.35. The van der Waals surface area contributed by atoms with Crippen molar-refractivity contribution in [3.05, 3.63) is 34.9 Å². The fourth-order valence-electron chi connectivity index (χ4n) is 0.909. The molecule has 2 aromatic rings. The number of hydrogen-bond donors (Lipinski definition) is 0. The van der Waals surface area contributed by atoms with Crippen LogP contribution in [-0.2, 0) is 0 Å². The first-order valence-electron chi connectivity index (χ1n) is 3.39. The summed E-state index contributed by atoms with van der Waals surface area (Å²) in [4.78, 5) is 0. The number of rotatable bonds is 1. The summed E-state index contributed by atoms with van der Waals surface area (Å²) in [6.07, 6.45) is 1.59. The Morgan fingerprint density at radius 2 is 1.92 bits per heavy atom.